The minimum absolute atomic E-state index is 0.00556. The molecule has 1 rings (SSSR count). The van der Waals surface area contributed by atoms with Gasteiger partial charge in [-0.1, -0.05) is 11.6 Å². The fourth-order valence-corrected chi connectivity index (χ4v) is 2.64. The number of anilines is 1. The molecule has 0 heterocycles. The molecule has 1 amide bonds. The smallest absolute Gasteiger partial charge is 0.233 e. The van der Waals surface area contributed by atoms with Gasteiger partial charge in [0.15, 0.2) is 0 Å². The Morgan fingerprint density at radius 1 is 1.58 bits per heavy atom. The second-order valence-corrected chi connectivity index (χ2v) is 5.88. The Morgan fingerprint density at radius 2 is 2.32 bits per heavy atom. The zero-order chi connectivity index (χ0) is 14.3. The first-order chi connectivity index (χ1) is 9.04. The summed E-state index contributed by atoms with van der Waals surface area (Å²) < 4.78 is 4.92. The predicted octanol–water partition coefficient (Wildman–Crippen LogP) is 2.56. The number of halogens is 1. The highest BCUT2D eigenvalue weighted by Crippen LogP contribution is 2.31. The van der Waals surface area contributed by atoms with Gasteiger partial charge in [-0.25, -0.2) is 0 Å². The summed E-state index contributed by atoms with van der Waals surface area (Å²) in [6.45, 7) is 3.11. The number of hydrogen-bond acceptors (Lipinski definition) is 4. The van der Waals surface area contributed by atoms with Gasteiger partial charge in [0, 0.05) is 30.8 Å². The van der Waals surface area contributed by atoms with Crippen LogP contribution < -0.4 is 11.1 Å². The van der Waals surface area contributed by atoms with Gasteiger partial charge in [0.25, 0.3) is 0 Å². The number of carbonyl (C=O) groups excluding carboxylic acids is 1. The van der Waals surface area contributed by atoms with Crippen LogP contribution in [0.1, 0.15) is 13.3 Å². The van der Waals surface area contributed by atoms with Crippen molar-refractivity contribution in [2.75, 3.05) is 26.0 Å². The topological polar surface area (TPSA) is 64.3 Å². The quantitative estimate of drug-likeness (QED) is 0.461. The normalized spacial score (nSPS) is 12.2. The lowest BCUT2D eigenvalue weighted by molar-refractivity contribution is -0.120. The molecule has 0 fully saturated rings. The Kier molecular flexibility index (Phi) is 7.05. The van der Waals surface area contributed by atoms with E-state index in [1.165, 1.54) is 11.8 Å². The van der Waals surface area contributed by atoms with Crippen molar-refractivity contribution in [1.29, 1.82) is 0 Å². The Balaban J connectivity index is 2.45. The highest BCUT2D eigenvalue weighted by Gasteiger charge is 2.15. The van der Waals surface area contributed by atoms with Gasteiger partial charge in [0.2, 0.25) is 5.91 Å². The van der Waals surface area contributed by atoms with Gasteiger partial charge in [0.05, 0.1) is 10.3 Å². The number of amides is 1. The van der Waals surface area contributed by atoms with Crippen molar-refractivity contribution in [3.8, 4) is 0 Å². The van der Waals surface area contributed by atoms with Gasteiger partial charge < -0.3 is 15.8 Å². The highest BCUT2D eigenvalue weighted by molar-refractivity contribution is 8.00. The molecule has 0 saturated heterocycles. The average Bonchev–Trinajstić information content (AvgIpc) is 2.37. The summed E-state index contributed by atoms with van der Waals surface area (Å²) in [5.41, 5.74) is 6.24. The first-order valence-electron chi connectivity index (χ1n) is 6.03. The van der Waals surface area contributed by atoms with E-state index in [4.69, 9.17) is 22.1 Å². The summed E-state index contributed by atoms with van der Waals surface area (Å²) in [4.78, 5) is 12.7. The van der Waals surface area contributed by atoms with Crippen LogP contribution in [0, 0.1) is 0 Å². The molecule has 0 saturated carbocycles. The maximum absolute atomic E-state index is 11.8. The largest absolute Gasteiger partial charge is 0.399 e. The minimum Gasteiger partial charge on any atom is -0.399 e. The van der Waals surface area contributed by atoms with Crippen molar-refractivity contribution in [2.45, 2.75) is 23.5 Å². The second-order valence-electron chi connectivity index (χ2n) is 4.09. The molecule has 0 aromatic heterocycles. The second kappa shape index (κ2) is 8.30. The van der Waals surface area contributed by atoms with Gasteiger partial charge in [0.1, 0.15) is 0 Å². The molecule has 1 unspecified atom stereocenters. The average molecular weight is 303 g/mol. The molecule has 106 valence electrons. The summed E-state index contributed by atoms with van der Waals surface area (Å²) in [6.07, 6.45) is 0.808. The summed E-state index contributed by atoms with van der Waals surface area (Å²) in [5.74, 6) is -0.00556. The zero-order valence-corrected chi connectivity index (χ0v) is 12.7. The molecule has 19 heavy (non-hydrogen) atoms. The molecule has 1 aromatic carbocycles. The number of rotatable bonds is 7. The van der Waals surface area contributed by atoms with Crippen LogP contribution in [0.25, 0.3) is 0 Å². The Bertz CT molecular complexity index is 429. The van der Waals surface area contributed by atoms with E-state index in [1.807, 2.05) is 13.0 Å². The molecule has 1 atom stereocenters. The summed E-state index contributed by atoms with van der Waals surface area (Å²) in [5, 5.41) is 3.23. The summed E-state index contributed by atoms with van der Waals surface area (Å²) in [6, 6.07) is 5.29. The SMILES string of the molecule is COCCCNC(=O)C(C)Sc1ccc(N)cc1Cl. The maximum Gasteiger partial charge on any atom is 0.233 e. The van der Waals surface area contributed by atoms with Crippen LogP contribution in [0.5, 0.6) is 0 Å². The van der Waals surface area contributed by atoms with Crippen LogP contribution in [-0.2, 0) is 9.53 Å². The van der Waals surface area contributed by atoms with E-state index < -0.39 is 0 Å². The van der Waals surface area contributed by atoms with Crippen molar-refractivity contribution < 1.29 is 9.53 Å². The molecule has 6 heteroatoms. The van der Waals surface area contributed by atoms with Crippen LogP contribution >= 0.6 is 23.4 Å². The van der Waals surface area contributed by atoms with Crippen LogP contribution in [0.3, 0.4) is 0 Å². The van der Waals surface area contributed by atoms with Crippen molar-refractivity contribution in [1.82, 2.24) is 5.32 Å². The fraction of sp³-hybridized carbons (Fsp3) is 0.462. The number of nitrogens with one attached hydrogen (secondary N) is 1. The fourth-order valence-electron chi connectivity index (χ4n) is 1.43. The van der Waals surface area contributed by atoms with Crippen LogP contribution in [0.4, 0.5) is 5.69 Å². The molecule has 1 aromatic rings. The van der Waals surface area contributed by atoms with E-state index in [0.29, 0.717) is 23.9 Å². The van der Waals surface area contributed by atoms with E-state index in [-0.39, 0.29) is 11.2 Å². The third kappa shape index (κ3) is 5.72. The lowest BCUT2D eigenvalue weighted by Gasteiger charge is -2.13. The molecule has 0 aliphatic rings. The number of nitrogens with two attached hydrogens (primary N) is 1. The number of carbonyl (C=O) groups is 1. The minimum atomic E-state index is -0.205. The molecule has 0 aliphatic carbocycles. The monoisotopic (exact) mass is 302 g/mol. The van der Waals surface area contributed by atoms with Crippen LogP contribution in [0.15, 0.2) is 23.1 Å². The van der Waals surface area contributed by atoms with E-state index >= 15 is 0 Å². The van der Waals surface area contributed by atoms with Gasteiger partial charge in [-0.2, -0.15) is 0 Å². The zero-order valence-electron chi connectivity index (χ0n) is 11.1. The lowest BCUT2D eigenvalue weighted by Crippen LogP contribution is -2.32. The Hall–Kier alpha value is -0.910. The number of hydrogen-bond donors (Lipinski definition) is 2. The third-order valence-corrected chi connectivity index (χ3v) is 4.06. The Morgan fingerprint density at radius 3 is 2.95 bits per heavy atom. The van der Waals surface area contributed by atoms with Crippen molar-refractivity contribution in [3.05, 3.63) is 23.2 Å². The number of nitrogen functional groups attached to an aromatic ring is 1. The molecular weight excluding hydrogens is 284 g/mol. The Labute approximate surface area is 123 Å². The molecule has 3 N–H and O–H groups in total. The first kappa shape index (κ1) is 16.1. The summed E-state index contributed by atoms with van der Waals surface area (Å²) >= 11 is 7.49. The molecule has 0 aliphatic heterocycles. The number of ether oxygens (including phenoxy) is 1. The van der Waals surface area contributed by atoms with Gasteiger partial charge in [-0.3, -0.25) is 4.79 Å². The van der Waals surface area contributed by atoms with Crippen molar-refractivity contribution in [3.63, 3.8) is 0 Å². The van der Waals surface area contributed by atoms with E-state index in [0.717, 1.165) is 11.3 Å². The molecule has 0 radical (unpaired) electrons. The van der Waals surface area contributed by atoms with Crippen LogP contribution in [-0.4, -0.2) is 31.4 Å². The van der Waals surface area contributed by atoms with Crippen molar-refractivity contribution in [2.24, 2.45) is 0 Å². The number of thioether (sulfide) groups is 1. The van der Waals surface area contributed by atoms with Crippen LogP contribution in [0.2, 0.25) is 5.02 Å². The molecular formula is C13H19ClN2O2S. The molecule has 0 bridgehead atoms. The molecule has 0 spiro atoms. The number of methoxy groups -OCH3 is 1. The van der Waals surface area contributed by atoms with Gasteiger partial charge >= 0.3 is 0 Å². The standard InChI is InChI=1S/C13H19ClN2O2S/c1-9(13(17)16-6-3-7-18-2)19-12-5-4-10(15)8-11(12)14/h4-5,8-9H,3,6-7,15H2,1-2H3,(H,16,17). The molecule has 4 nitrogen and oxygen atoms in total. The van der Waals surface area contributed by atoms with Gasteiger partial charge in [-0.05, 0) is 31.5 Å². The highest BCUT2D eigenvalue weighted by atomic mass is 35.5. The first-order valence-corrected chi connectivity index (χ1v) is 7.28. The number of benzene rings is 1. The maximum atomic E-state index is 11.8. The van der Waals surface area contributed by atoms with E-state index in [9.17, 15) is 4.79 Å². The van der Waals surface area contributed by atoms with E-state index in [2.05, 4.69) is 5.32 Å². The summed E-state index contributed by atoms with van der Waals surface area (Å²) in [7, 11) is 1.64. The van der Waals surface area contributed by atoms with Gasteiger partial charge in [-0.15, -0.1) is 11.8 Å². The third-order valence-electron chi connectivity index (χ3n) is 2.45. The predicted molar refractivity (Wildman–Crippen MR) is 80.7 cm³/mol. The van der Waals surface area contributed by atoms with E-state index in [1.54, 1.807) is 19.2 Å². The van der Waals surface area contributed by atoms with Crippen molar-refractivity contribution >= 4 is 35.0 Å². The lowest BCUT2D eigenvalue weighted by atomic mass is 10.3.